The Labute approximate surface area is 446 Å². The molecule has 1 saturated carbocycles. The fourth-order valence-corrected chi connectivity index (χ4v) is 13.2. The molecule has 8 aliphatic heterocycles. The number of carbonyl (C=O) groups is 5. The number of ether oxygens (including phenoxy) is 5. The summed E-state index contributed by atoms with van der Waals surface area (Å²) in [5.41, 5.74) is 1.54. The third kappa shape index (κ3) is 12.4. The molecule has 0 radical (unpaired) electrons. The summed E-state index contributed by atoms with van der Waals surface area (Å²) in [6.45, 7) is 10.7. The Hall–Kier alpha value is -3.55. The summed E-state index contributed by atoms with van der Waals surface area (Å²) in [5.74, 6) is -9.35. The lowest BCUT2D eigenvalue weighted by molar-refractivity contribution is -0.266. The van der Waals surface area contributed by atoms with Gasteiger partial charge in [0.1, 0.15) is 41.9 Å². The lowest BCUT2D eigenvalue weighted by Gasteiger charge is -2.50. The highest BCUT2D eigenvalue weighted by molar-refractivity contribution is 6.39. The number of Topliss-reactive ketones (excluding diaryl/α,β-unsaturated/α-hetero) is 3. The van der Waals surface area contributed by atoms with Gasteiger partial charge in [0.25, 0.3) is 11.7 Å². The fraction of sp³-hybridized carbons (Fsp3) is 0.696. The van der Waals surface area contributed by atoms with Gasteiger partial charge in [-0.3, -0.25) is 24.0 Å². The third-order valence-electron chi connectivity index (χ3n) is 17.1. The summed E-state index contributed by atoms with van der Waals surface area (Å²) in [6, 6.07) is 3.53. The van der Waals surface area contributed by atoms with E-state index in [1.54, 1.807) is 71.3 Å². The van der Waals surface area contributed by atoms with Crippen LogP contribution in [0.5, 0.6) is 0 Å². The zero-order valence-electron chi connectivity index (χ0n) is 44.3. The molecule has 8 heterocycles. The van der Waals surface area contributed by atoms with E-state index in [9.17, 15) is 39.3 Å². The monoisotopic (exact) mass is 1070 g/mol. The van der Waals surface area contributed by atoms with E-state index in [-0.39, 0.29) is 42.8 Å². The summed E-state index contributed by atoms with van der Waals surface area (Å²) in [5, 5.41) is 37.0. The van der Waals surface area contributed by atoms with E-state index in [1.807, 2.05) is 32.1 Å². The summed E-state index contributed by atoms with van der Waals surface area (Å²) in [6.07, 6.45) is 5.24. The van der Waals surface area contributed by atoms with Crippen LogP contribution in [0, 0.1) is 41.4 Å². The molecule has 16 nitrogen and oxygen atoms in total. The van der Waals surface area contributed by atoms with Crippen LogP contribution in [0.15, 0.2) is 53.6 Å². The van der Waals surface area contributed by atoms with Crippen molar-refractivity contribution in [1.29, 1.82) is 0 Å². The smallest absolute Gasteiger partial charge is 0.329 e. The quantitative estimate of drug-likeness (QED) is 0.145. The van der Waals surface area contributed by atoms with E-state index < -0.39 is 114 Å². The van der Waals surface area contributed by atoms with Crippen LogP contribution in [0.1, 0.15) is 112 Å². The number of piperidine rings is 1. The number of hydroxylamine groups is 1. The normalized spacial score (nSPS) is 40.9. The van der Waals surface area contributed by atoms with Crippen molar-refractivity contribution in [3.05, 3.63) is 63.7 Å². The number of anilines is 1. The molecule has 74 heavy (non-hydrogen) atoms. The molecular formula is C56H78Cl2N2O14. The van der Waals surface area contributed by atoms with Crippen molar-refractivity contribution < 1.29 is 67.8 Å². The number of ketones is 3. The van der Waals surface area contributed by atoms with Crippen molar-refractivity contribution >= 4 is 58.1 Å². The van der Waals surface area contributed by atoms with Gasteiger partial charge in [0.05, 0.1) is 40.5 Å². The Morgan fingerprint density at radius 1 is 0.838 bits per heavy atom. The molecule has 0 spiro atoms. The maximum absolute atomic E-state index is 14.7. The Morgan fingerprint density at radius 2 is 1.55 bits per heavy atom. The van der Waals surface area contributed by atoms with Gasteiger partial charge in [0, 0.05) is 64.4 Å². The van der Waals surface area contributed by atoms with Crippen LogP contribution in [-0.4, -0.2) is 144 Å². The van der Waals surface area contributed by atoms with Crippen molar-refractivity contribution in [2.45, 2.75) is 179 Å². The van der Waals surface area contributed by atoms with E-state index in [0.29, 0.717) is 79.1 Å². The van der Waals surface area contributed by atoms with Crippen LogP contribution in [0.3, 0.4) is 0 Å². The summed E-state index contributed by atoms with van der Waals surface area (Å²) >= 11 is 13.6. The van der Waals surface area contributed by atoms with E-state index in [1.165, 1.54) is 12.0 Å². The molecule has 18 atom stereocenters. The minimum atomic E-state index is -2.51. The van der Waals surface area contributed by atoms with E-state index >= 15 is 0 Å². The molecule has 1 aromatic carbocycles. The zero-order valence-corrected chi connectivity index (χ0v) is 45.8. The summed E-state index contributed by atoms with van der Waals surface area (Å²) < 4.78 is 29.9. The number of rotatable bonds is 6. The van der Waals surface area contributed by atoms with Gasteiger partial charge in [0.2, 0.25) is 5.79 Å². The number of halogens is 2. The number of aliphatic hydroxyl groups is 3. The van der Waals surface area contributed by atoms with Gasteiger partial charge in [-0.2, -0.15) is 0 Å². The Balaban J connectivity index is 1.25. The van der Waals surface area contributed by atoms with Crippen LogP contribution in [0.4, 0.5) is 5.69 Å². The summed E-state index contributed by atoms with van der Waals surface area (Å²) in [7, 11) is 4.47. The van der Waals surface area contributed by atoms with Crippen molar-refractivity contribution in [2.75, 3.05) is 32.9 Å². The molecule has 1 amide bonds. The number of allylic oxidation sites excluding steroid dienone is 1. The Bertz CT molecular complexity index is 2290. The van der Waals surface area contributed by atoms with Gasteiger partial charge in [0.15, 0.2) is 5.78 Å². The number of carbonyl (C=O) groups excluding carboxylic acids is 5. The zero-order chi connectivity index (χ0) is 53.9. The number of esters is 1. The van der Waals surface area contributed by atoms with Gasteiger partial charge < -0.3 is 43.9 Å². The fourth-order valence-electron chi connectivity index (χ4n) is 12.7. The van der Waals surface area contributed by atoms with Crippen molar-refractivity contribution in [3.63, 3.8) is 0 Å². The molecule has 4 fully saturated rings. The number of methoxy groups -OCH3 is 3. The van der Waals surface area contributed by atoms with Gasteiger partial charge in [-0.15, -0.1) is 0 Å². The predicted octanol–water partition coefficient (Wildman–Crippen LogP) is 7.34. The molecule has 18 heteroatoms. The second-order valence-corrected chi connectivity index (χ2v) is 22.9. The average molecular weight is 1070 g/mol. The topological polar surface area (TPSA) is 208 Å². The molecule has 410 valence electrons. The largest absolute Gasteiger partial charge is 0.460 e. The number of aliphatic hydroxyl groups excluding tert-OH is 2. The van der Waals surface area contributed by atoms with Crippen molar-refractivity contribution in [1.82, 2.24) is 4.90 Å². The molecule has 9 aliphatic rings. The number of hydrogen-bond acceptors (Lipinski definition) is 15. The number of hydrogen-bond donors (Lipinski definition) is 3. The number of para-hydroxylation sites is 1. The molecule has 9 unspecified atom stereocenters. The SMILES string of the molecule is CO[C@H]1C[C@@H]2CCC(C)C(O)(O2)C(=O)C(=O)N2CCCC3C2C(=O)O[C@@H](CC(=O)[C@H](C)/C=C(\C)C(O)[C@@H](OC)C(=O)C(C)C[C@H](C)C2C=CC(/C=C/1C)ON2c1c(Cl)cccc1Cl)[C@H]3C[C@@H]1CCC(O)[C@H](OC)C1. The van der Waals surface area contributed by atoms with Crippen LogP contribution in [-0.2, 0) is 52.5 Å². The molecule has 3 N–H and O–H groups in total. The van der Waals surface area contributed by atoms with Gasteiger partial charge in [-0.05, 0) is 119 Å². The third-order valence-corrected chi connectivity index (χ3v) is 17.7. The number of nitrogens with zero attached hydrogens (tertiary/aromatic N) is 2. The highest BCUT2D eigenvalue weighted by atomic mass is 35.5. The number of amides is 1. The molecule has 1 aliphatic carbocycles. The average Bonchev–Trinajstić information content (AvgIpc) is 3.37. The van der Waals surface area contributed by atoms with E-state index in [0.717, 1.165) is 5.57 Å². The van der Waals surface area contributed by atoms with E-state index in [4.69, 9.17) is 51.7 Å². The molecule has 3 saturated heterocycles. The van der Waals surface area contributed by atoms with Gasteiger partial charge >= 0.3 is 5.97 Å². The van der Waals surface area contributed by atoms with Crippen LogP contribution in [0.25, 0.3) is 0 Å². The van der Waals surface area contributed by atoms with Crippen molar-refractivity contribution in [2.24, 2.45) is 41.4 Å². The van der Waals surface area contributed by atoms with Gasteiger partial charge in [-0.1, -0.05) is 75.2 Å². The molecule has 8 bridgehead atoms. The van der Waals surface area contributed by atoms with E-state index in [2.05, 4.69) is 0 Å². The Morgan fingerprint density at radius 3 is 2.23 bits per heavy atom. The van der Waals surface area contributed by atoms with Crippen molar-refractivity contribution in [3.8, 4) is 0 Å². The molecular weight excluding hydrogens is 996 g/mol. The summed E-state index contributed by atoms with van der Waals surface area (Å²) in [4.78, 5) is 80.1. The first-order chi connectivity index (χ1) is 35.1. The first-order valence-corrected chi connectivity index (χ1v) is 27.3. The predicted molar refractivity (Wildman–Crippen MR) is 277 cm³/mol. The minimum absolute atomic E-state index is 0.0281. The maximum atomic E-state index is 14.7. The molecule has 0 aromatic heterocycles. The van der Waals surface area contributed by atoms with Crippen LogP contribution >= 0.6 is 23.2 Å². The van der Waals surface area contributed by atoms with Crippen LogP contribution < -0.4 is 5.06 Å². The minimum Gasteiger partial charge on any atom is -0.460 e. The lowest BCUT2D eigenvalue weighted by atomic mass is 9.68. The molecule has 10 rings (SSSR count). The maximum Gasteiger partial charge on any atom is 0.329 e. The second-order valence-electron chi connectivity index (χ2n) is 22.1. The Kier molecular flexibility index (Phi) is 19.5. The lowest BCUT2D eigenvalue weighted by Crippen LogP contribution is -2.65. The number of benzene rings is 1. The highest BCUT2D eigenvalue weighted by Crippen LogP contribution is 2.46. The first-order valence-electron chi connectivity index (χ1n) is 26.5. The standard InChI is InChI=1S/C56H78Cl2N2O14/c1-29-22-32(4)50(63)52(71-9)51(64)33(5)23-30(2)44(62)28-46-39(25-35-16-20-43(61)47(26-35)70-8)38-12-11-21-59(48(38)55(67)72-46)54(66)53(65)56(68)34(6)15-17-36(73-56)27-45(69-7)31(3)24-37-18-19-42(29)60(74-37)49-40(57)13-10-14-41(49)58/h10,13-14,18-19,23-24,29-30,32,34-39,42-43,45-48,51-52,61,64,68H,11-12,15-17,20-22,25-28H2,1-9H3/b31-24+,33-23+/t29-,30+,32?,34?,35-,36-,37?,38?,39-,42?,43?,45-,46-,47+,48?,51?,52-,56?/m0/s1. The van der Waals surface area contributed by atoms with Gasteiger partial charge in [-0.25, -0.2) is 9.86 Å². The highest BCUT2D eigenvalue weighted by Gasteiger charge is 2.57. The second kappa shape index (κ2) is 24.8. The van der Waals surface area contributed by atoms with Crippen LogP contribution in [0.2, 0.25) is 10.0 Å². The molecule has 1 aromatic rings. The first kappa shape index (κ1) is 58.1.